The molecule has 0 aliphatic carbocycles. The van der Waals surface area contributed by atoms with E-state index >= 15 is 0 Å². The van der Waals surface area contributed by atoms with Gasteiger partial charge in [-0.05, 0) is 49.4 Å². The lowest BCUT2D eigenvalue weighted by atomic mass is 9.99. The minimum Gasteiger partial charge on any atom is -0.462 e. The first-order chi connectivity index (χ1) is 45.7. The maximum absolute atomic E-state index is 13.1. The van der Waals surface area contributed by atoms with Gasteiger partial charge in [-0.2, -0.15) is 0 Å². The summed E-state index contributed by atoms with van der Waals surface area (Å²) in [4.78, 5) is 72.8. The topological polar surface area (TPSA) is 237 Å². The lowest BCUT2D eigenvalue weighted by Crippen LogP contribution is -2.30. The van der Waals surface area contributed by atoms with Crippen molar-refractivity contribution in [3.63, 3.8) is 0 Å². The number of carbonyl (C=O) groups is 4. The molecule has 0 saturated carbocycles. The van der Waals surface area contributed by atoms with Crippen molar-refractivity contribution >= 4 is 39.5 Å². The second-order valence-electron chi connectivity index (χ2n) is 28.8. The van der Waals surface area contributed by atoms with Gasteiger partial charge in [0.2, 0.25) is 0 Å². The van der Waals surface area contributed by atoms with Gasteiger partial charge in [0.05, 0.1) is 26.4 Å². The van der Waals surface area contributed by atoms with Crippen molar-refractivity contribution in [1.82, 2.24) is 0 Å². The maximum atomic E-state index is 13.1. The Bertz CT molecular complexity index is 1870. The zero-order valence-electron chi connectivity index (χ0n) is 62.3. The third-order valence-electron chi connectivity index (χ3n) is 18.3. The number of phosphoric ester groups is 2. The monoisotopic (exact) mass is 1400 g/mol. The molecule has 19 heteroatoms. The molecule has 0 aliphatic rings. The number of esters is 4. The van der Waals surface area contributed by atoms with E-state index in [2.05, 4.69) is 55.4 Å². The molecule has 0 aromatic heterocycles. The smallest absolute Gasteiger partial charge is 0.462 e. The second kappa shape index (κ2) is 65.4. The van der Waals surface area contributed by atoms with Gasteiger partial charge in [0.1, 0.15) is 19.3 Å². The summed E-state index contributed by atoms with van der Waals surface area (Å²) in [6.07, 6.45) is 49.9. The summed E-state index contributed by atoms with van der Waals surface area (Å²) in [7, 11) is -9.91. The van der Waals surface area contributed by atoms with E-state index in [0.717, 1.165) is 114 Å². The van der Waals surface area contributed by atoms with E-state index in [1.807, 2.05) is 0 Å². The second-order valence-corrected chi connectivity index (χ2v) is 31.7. The van der Waals surface area contributed by atoms with E-state index < -0.39 is 97.5 Å². The fraction of sp³-hybridized carbons (Fsp3) is 0.947. The van der Waals surface area contributed by atoms with Crippen LogP contribution < -0.4 is 0 Å². The summed E-state index contributed by atoms with van der Waals surface area (Å²) in [5.74, 6) is 0.988. The minimum atomic E-state index is -4.96. The van der Waals surface area contributed by atoms with Gasteiger partial charge in [-0.1, -0.05) is 331 Å². The molecule has 17 nitrogen and oxygen atoms in total. The maximum Gasteiger partial charge on any atom is 0.472 e. The Morgan fingerprint density at radius 3 is 0.747 bits per heavy atom. The molecule has 7 atom stereocenters. The lowest BCUT2D eigenvalue weighted by Gasteiger charge is -2.21. The Morgan fingerprint density at radius 1 is 0.295 bits per heavy atom. The van der Waals surface area contributed by atoms with Crippen LogP contribution in [0.25, 0.3) is 0 Å². The van der Waals surface area contributed by atoms with Crippen LogP contribution in [-0.4, -0.2) is 96.7 Å². The van der Waals surface area contributed by atoms with Crippen LogP contribution in [0.15, 0.2) is 0 Å². The van der Waals surface area contributed by atoms with Gasteiger partial charge < -0.3 is 33.8 Å². The Morgan fingerprint density at radius 2 is 0.505 bits per heavy atom. The molecule has 0 fully saturated rings. The molecule has 0 aromatic carbocycles. The van der Waals surface area contributed by atoms with Crippen LogP contribution in [0.2, 0.25) is 0 Å². The van der Waals surface area contributed by atoms with Crippen molar-refractivity contribution in [3.05, 3.63) is 0 Å². The minimum absolute atomic E-state index is 0.105. The van der Waals surface area contributed by atoms with Gasteiger partial charge in [0.25, 0.3) is 0 Å². The first-order valence-corrected chi connectivity index (χ1v) is 42.3. The van der Waals surface area contributed by atoms with E-state index in [0.29, 0.717) is 31.6 Å². The fourth-order valence-electron chi connectivity index (χ4n) is 11.5. The molecule has 0 heterocycles. The third-order valence-corrected chi connectivity index (χ3v) is 20.2. The van der Waals surface area contributed by atoms with Crippen molar-refractivity contribution in [2.45, 2.75) is 401 Å². The zero-order chi connectivity index (χ0) is 70.3. The predicted octanol–water partition coefficient (Wildman–Crippen LogP) is 22.0. The van der Waals surface area contributed by atoms with Crippen LogP contribution in [0.1, 0.15) is 383 Å². The highest BCUT2D eigenvalue weighted by Crippen LogP contribution is 2.45. The van der Waals surface area contributed by atoms with Gasteiger partial charge in [0, 0.05) is 25.7 Å². The molecule has 0 rings (SSSR count). The summed E-state index contributed by atoms with van der Waals surface area (Å²) >= 11 is 0. The molecule has 95 heavy (non-hydrogen) atoms. The van der Waals surface area contributed by atoms with Crippen LogP contribution in [0.3, 0.4) is 0 Å². The number of unbranched alkanes of at least 4 members (excludes halogenated alkanes) is 37. The number of hydrogen-bond donors (Lipinski definition) is 3. The first kappa shape index (κ1) is 93.1. The van der Waals surface area contributed by atoms with Crippen molar-refractivity contribution < 1.29 is 80.2 Å². The molecular weight excluding hydrogens is 1250 g/mol. The number of rotatable bonds is 73. The average molecular weight is 1400 g/mol. The van der Waals surface area contributed by atoms with Crippen LogP contribution in [-0.2, 0) is 65.4 Å². The number of aliphatic hydroxyl groups excluding tert-OH is 1. The largest absolute Gasteiger partial charge is 0.472 e. The third kappa shape index (κ3) is 67.6. The molecule has 3 N–H and O–H groups in total. The standard InChI is InChI=1S/C76H148O17P2/c1-9-68(7)54-46-38-30-22-15-13-11-12-14-16-24-32-40-48-56-73(78)86-62-71(92-75(80)58-50-42-33-25-19-17-21-28-36-44-52-66(3)4)64-90-94(82,83)88-60-70(77)61-89-95(84,85)91-65-72(63-87-74(79)57-49-41-35-27-29-37-45-53-67(5)6)93-76(81)59-51-43-34-26-20-18-23-31-39-47-55-69(8)10-2/h66-72,77H,9-65H2,1-8H3,(H,82,83)(H,84,85)/t68?,69?,70?,71-,72-/m1/s1. The van der Waals surface area contributed by atoms with Gasteiger partial charge in [-0.3, -0.25) is 37.3 Å². The molecular formula is C76H148O17P2. The van der Waals surface area contributed by atoms with Crippen LogP contribution >= 0.6 is 15.6 Å². The van der Waals surface area contributed by atoms with Gasteiger partial charge in [-0.25, -0.2) is 9.13 Å². The normalized spacial score (nSPS) is 14.7. The molecule has 0 aliphatic heterocycles. The van der Waals surface area contributed by atoms with Crippen molar-refractivity contribution in [1.29, 1.82) is 0 Å². The highest BCUT2D eigenvalue weighted by Gasteiger charge is 2.30. The molecule has 0 bridgehead atoms. The summed E-state index contributed by atoms with van der Waals surface area (Å²) in [5.41, 5.74) is 0. The summed E-state index contributed by atoms with van der Waals surface area (Å²) < 4.78 is 68.5. The van der Waals surface area contributed by atoms with Crippen molar-refractivity contribution in [3.8, 4) is 0 Å². The van der Waals surface area contributed by atoms with E-state index in [4.69, 9.17) is 37.0 Å². The van der Waals surface area contributed by atoms with Crippen LogP contribution in [0, 0.1) is 23.7 Å². The first-order valence-electron chi connectivity index (χ1n) is 39.3. The van der Waals surface area contributed by atoms with Crippen molar-refractivity contribution in [2.24, 2.45) is 23.7 Å². The van der Waals surface area contributed by atoms with Crippen molar-refractivity contribution in [2.75, 3.05) is 39.6 Å². The van der Waals surface area contributed by atoms with E-state index in [9.17, 15) is 43.2 Å². The van der Waals surface area contributed by atoms with Gasteiger partial charge >= 0.3 is 39.5 Å². The van der Waals surface area contributed by atoms with Crippen LogP contribution in [0.4, 0.5) is 0 Å². The molecule has 0 saturated heterocycles. The van der Waals surface area contributed by atoms with E-state index in [1.54, 1.807) is 0 Å². The number of ether oxygens (including phenoxy) is 4. The Balaban J connectivity index is 5.24. The highest BCUT2D eigenvalue weighted by atomic mass is 31.2. The average Bonchev–Trinajstić information content (AvgIpc) is 1.33. The Kier molecular flexibility index (Phi) is 64.0. The van der Waals surface area contributed by atoms with E-state index in [1.165, 1.54) is 180 Å². The molecule has 0 amide bonds. The number of aliphatic hydroxyl groups is 1. The van der Waals surface area contributed by atoms with E-state index in [-0.39, 0.29) is 25.7 Å². The summed E-state index contributed by atoms with van der Waals surface area (Å²) in [5, 5.41) is 10.6. The molecule has 564 valence electrons. The SMILES string of the molecule is CCC(C)CCCCCCCCCCCCCCCCC(=O)OC[C@H](COP(=O)(O)OCC(O)COP(=O)(O)OC[C@@H](COC(=O)CCCCCCCCCC(C)C)OC(=O)CCCCCCCCCCCCC(C)CC)OC(=O)CCCCCCCCCCCCC(C)C. The summed E-state index contributed by atoms with van der Waals surface area (Å²) in [6.45, 7) is 14.2. The molecule has 0 radical (unpaired) electrons. The summed E-state index contributed by atoms with van der Waals surface area (Å²) in [6, 6.07) is 0. The van der Waals surface area contributed by atoms with Gasteiger partial charge in [-0.15, -0.1) is 0 Å². The lowest BCUT2D eigenvalue weighted by molar-refractivity contribution is -0.161. The highest BCUT2D eigenvalue weighted by molar-refractivity contribution is 7.47. The molecule has 5 unspecified atom stereocenters. The quantitative estimate of drug-likeness (QED) is 0.0222. The Hall–Kier alpha value is -1.94. The number of phosphoric acid groups is 2. The van der Waals surface area contributed by atoms with Crippen LogP contribution in [0.5, 0.6) is 0 Å². The molecule has 0 aromatic rings. The van der Waals surface area contributed by atoms with Gasteiger partial charge in [0.15, 0.2) is 12.2 Å². The predicted molar refractivity (Wildman–Crippen MR) is 386 cm³/mol. The molecule has 0 spiro atoms. The number of carbonyl (C=O) groups excluding carboxylic acids is 4. The Labute approximate surface area is 581 Å². The number of hydrogen-bond acceptors (Lipinski definition) is 15. The fourth-order valence-corrected chi connectivity index (χ4v) is 13.1. The zero-order valence-corrected chi connectivity index (χ0v) is 64.1.